The molecular formula is C22H20Cl2N2O2. The summed E-state index contributed by atoms with van der Waals surface area (Å²) in [7, 11) is 0. The van der Waals surface area contributed by atoms with Gasteiger partial charge in [-0.1, -0.05) is 59.6 Å². The first-order valence-electron chi connectivity index (χ1n) is 8.95. The lowest BCUT2D eigenvalue weighted by Crippen LogP contribution is -2.32. The van der Waals surface area contributed by atoms with Crippen LogP contribution in [0.15, 0.2) is 60.7 Å². The number of fused-ring (bicyclic) bond motifs is 1. The van der Waals surface area contributed by atoms with Gasteiger partial charge in [-0.05, 0) is 47.5 Å². The van der Waals surface area contributed by atoms with Gasteiger partial charge in [-0.2, -0.15) is 0 Å². The highest BCUT2D eigenvalue weighted by molar-refractivity contribution is 6.42. The van der Waals surface area contributed by atoms with E-state index in [0.717, 1.165) is 16.3 Å². The van der Waals surface area contributed by atoms with Gasteiger partial charge in [0.2, 0.25) is 5.91 Å². The summed E-state index contributed by atoms with van der Waals surface area (Å²) in [5, 5.41) is 8.68. The standard InChI is InChI=1S/C22H20Cl2N2O2/c1-14(16-8-9-19(23)20(24)13-16)26-21(27)10-11-25-22(28)18-7-6-15-4-2-3-5-17(15)12-18/h2-9,12-14H,10-11H2,1H3,(H,25,28)(H,26,27). The van der Waals surface area contributed by atoms with Gasteiger partial charge >= 0.3 is 0 Å². The fourth-order valence-electron chi connectivity index (χ4n) is 2.90. The van der Waals surface area contributed by atoms with Crippen LogP contribution in [0.3, 0.4) is 0 Å². The van der Waals surface area contributed by atoms with Crippen LogP contribution >= 0.6 is 23.2 Å². The van der Waals surface area contributed by atoms with Crippen LogP contribution < -0.4 is 10.6 Å². The SMILES string of the molecule is CC(NC(=O)CCNC(=O)c1ccc2ccccc2c1)c1ccc(Cl)c(Cl)c1. The molecule has 1 unspecified atom stereocenters. The molecule has 0 fully saturated rings. The molecule has 1 atom stereocenters. The van der Waals surface area contributed by atoms with Crippen LogP contribution in [0.1, 0.15) is 35.3 Å². The third-order valence-corrected chi connectivity index (χ3v) is 5.21. The van der Waals surface area contributed by atoms with E-state index in [4.69, 9.17) is 23.2 Å². The van der Waals surface area contributed by atoms with Crippen molar-refractivity contribution in [2.75, 3.05) is 6.54 Å². The molecule has 3 aromatic rings. The highest BCUT2D eigenvalue weighted by atomic mass is 35.5. The van der Waals surface area contributed by atoms with E-state index in [9.17, 15) is 9.59 Å². The first kappa shape index (κ1) is 20.2. The Bertz CT molecular complexity index is 1020. The molecule has 0 aliphatic rings. The highest BCUT2D eigenvalue weighted by Crippen LogP contribution is 2.25. The maximum Gasteiger partial charge on any atom is 0.251 e. The Morgan fingerprint density at radius 3 is 2.43 bits per heavy atom. The predicted molar refractivity (Wildman–Crippen MR) is 114 cm³/mol. The van der Waals surface area contributed by atoms with Crippen molar-refractivity contribution < 1.29 is 9.59 Å². The van der Waals surface area contributed by atoms with E-state index in [2.05, 4.69) is 10.6 Å². The van der Waals surface area contributed by atoms with Crippen molar-refractivity contribution in [2.24, 2.45) is 0 Å². The fourth-order valence-corrected chi connectivity index (χ4v) is 3.21. The van der Waals surface area contributed by atoms with Crippen molar-refractivity contribution >= 4 is 45.8 Å². The molecule has 0 aliphatic carbocycles. The zero-order chi connectivity index (χ0) is 20.1. The molecule has 0 aromatic heterocycles. The van der Waals surface area contributed by atoms with Gasteiger partial charge in [-0.25, -0.2) is 0 Å². The number of carbonyl (C=O) groups is 2. The summed E-state index contributed by atoms with van der Waals surface area (Å²) in [5.74, 6) is -0.353. The van der Waals surface area contributed by atoms with Crippen molar-refractivity contribution in [3.8, 4) is 0 Å². The van der Waals surface area contributed by atoms with Gasteiger partial charge in [0.1, 0.15) is 0 Å². The molecule has 0 radical (unpaired) electrons. The molecule has 0 saturated heterocycles. The van der Waals surface area contributed by atoms with Crippen LogP contribution in [0.5, 0.6) is 0 Å². The van der Waals surface area contributed by atoms with E-state index in [0.29, 0.717) is 15.6 Å². The number of rotatable bonds is 6. The summed E-state index contributed by atoms with van der Waals surface area (Å²) in [6, 6.07) is 18.4. The van der Waals surface area contributed by atoms with Crippen LogP contribution in [-0.2, 0) is 4.79 Å². The number of amides is 2. The zero-order valence-electron chi connectivity index (χ0n) is 15.3. The number of carbonyl (C=O) groups excluding carboxylic acids is 2. The molecule has 0 heterocycles. The summed E-state index contributed by atoms with van der Waals surface area (Å²) in [6.07, 6.45) is 0.185. The number of hydrogen-bond acceptors (Lipinski definition) is 2. The maximum absolute atomic E-state index is 12.3. The molecule has 6 heteroatoms. The molecule has 3 aromatic carbocycles. The molecule has 28 heavy (non-hydrogen) atoms. The summed E-state index contributed by atoms with van der Waals surface area (Å²) >= 11 is 11.9. The first-order chi connectivity index (χ1) is 13.4. The summed E-state index contributed by atoms with van der Waals surface area (Å²) in [5.41, 5.74) is 1.44. The van der Waals surface area contributed by atoms with Crippen LogP contribution in [0.2, 0.25) is 10.0 Å². The molecule has 0 bridgehead atoms. The first-order valence-corrected chi connectivity index (χ1v) is 9.71. The summed E-state index contributed by atoms with van der Waals surface area (Å²) in [6.45, 7) is 2.12. The van der Waals surface area contributed by atoms with E-state index in [1.165, 1.54) is 0 Å². The minimum absolute atomic E-state index is 0.155. The molecule has 0 saturated carbocycles. The number of benzene rings is 3. The molecule has 0 aliphatic heterocycles. The molecule has 2 amide bonds. The van der Waals surface area contributed by atoms with Gasteiger partial charge in [0.15, 0.2) is 0 Å². The highest BCUT2D eigenvalue weighted by Gasteiger charge is 2.12. The topological polar surface area (TPSA) is 58.2 Å². The van der Waals surface area contributed by atoms with E-state index in [1.807, 2.05) is 49.4 Å². The minimum Gasteiger partial charge on any atom is -0.352 e. The van der Waals surface area contributed by atoms with E-state index >= 15 is 0 Å². The number of nitrogens with one attached hydrogen (secondary N) is 2. The smallest absolute Gasteiger partial charge is 0.251 e. The van der Waals surface area contributed by atoms with E-state index < -0.39 is 0 Å². The molecule has 4 nitrogen and oxygen atoms in total. The Labute approximate surface area is 173 Å². The van der Waals surface area contributed by atoms with Crippen molar-refractivity contribution in [1.29, 1.82) is 0 Å². The van der Waals surface area contributed by atoms with Crippen LogP contribution in [-0.4, -0.2) is 18.4 Å². The van der Waals surface area contributed by atoms with Crippen molar-refractivity contribution in [2.45, 2.75) is 19.4 Å². The maximum atomic E-state index is 12.3. The second kappa shape index (κ2) is 9.09. The predicted octanol–water partition coefficient (Wildman–Crippen LogP) is 5.14. The molecule has 2 N–H and O–H groups in total. The number of hydrogen-bond donors (Lipinski definition) is 2. The van der Waals surface area contributed by atoms with Crippen LogP contribution in [0.4, 0.5) is 0 Å². The lowest BCUT2D eigenvalue weighted by Gasteiger charge is -2.15. The Balaban J connectivity index is 1.50. The Morgan fingerprint density at radius 1 is 0.929 bits per heavy atom. The van der Waals surface area contributed by atoms with Crippen LogP contribution in [0, 0.1) is 0 Å². The zero-order valence-corrected chi connectivity index (χ0v) is 16.8. The molecule has 144 valence electrons. The normalized spacial score (nSPS) is 11.8. The van der Waals surface area contributed by atoms with Crippen LogP contribution in [0.25, 0.3) is 10.8 Å². The van der Waals surface area contributed by atoms with Gasteiger partial charge in [0.25, 0.3) is 5.91 Å². The largest absolute Gasteiger partial charge is 0.352 e. The average Bonchev–Trinajstić information content (AvgIpc) is 2.69. The third-order valence-electron chi connectivity index (χ3n) is 4.47. The van der Waals surface area contributed by atoms with Gasteiger partial charge in [-0.15, -0.1) is 0 Å². The van der Waals surface area contributed by atoms with Gasteiger partial charge in [0, 0.05) is 18.5 Å². The fraction of sp³-hybridized carbons (Fsp3) is 0.182. The second-order valence-corrected chi connectivity index (χ2v) is 7.34. The Morgan fingerprint density at radius 2 is 1.68 bits per heavy atom. The summed E-state index contributed by atoms with van der Waals surface area (Å²) < 4.78 is 0. The third kappa shape index (κ3) is 5.03. The van der Waals surface area contributed by atoms with Crippen molar-refractivity contribution in [3.63, 3.8) is 0 Å². The van der Waals surface area contributed by atoms with Crippen molar-refractivity contribution in [3.05, 3.63) is 81.8 Å². The lowest BCUT2D eigenvalue weighted by molar-refractivity contribution is -0.121. The van der Waals surface area contributed by atoms with Crippen molar-refractivity contribution in [1.82, 2.24) is 10.6 Å². The van der Waals surface area contributed by atoms with E-state index in [-0.39, 0.29) is 30.8 Å². The quantitative estimate of drug-likeness (QED) is 0.586. The Hall–Kier alpha value is -2.56. The molecule has 0 spiro atoms. The van der Waals surface area contributed by atoms with Gasteiger partial charge in [-0.3, -0.25) is 9.59 Å². The van der Waals surface area contributed by atoms with Gasteiger partial charge in [0.05, 0.1) is 16.1 Å². The monoisotopic (exact) mass is 414 g/mol. The van der Waals surface area contributed by atoms with E-state index in [1.54, 1.807) is 18.2 Å². The minimum atomic E-state index is -0.210. The summed E-state index contributed by atoms with van der Waals surface area (Å²) in [4.78, 5) is 24.5. The Kier molecular flexibility index (Phi) is 6.55. The second-order valence-electron chi connectivity index (χ2n) is 6.53. The molecular weight excluding hydrogens is 395 g/mol. The number of halogens is 2. The molecule has 3 rings (SSSR count). The lowest BCUT2D eigenvalue weighted by atomic mass is 10.1. The average molecular weight is 415 g/mol. The van der Waals surface area contributed by atoms with Gasteiger partial charge < -0.3 is 10.6 Å².